The van der Waals surface area contributed by atoms with Crippen LogP contribution in [0, 0.1) is 11.8 Å². The standard InChI is InChI=1S/C12H11ClO2/c1-2-15-12(14)8-4-6-10-5-3-7-11(13)9-10/h3,5,7,9H,2,8H2,1H3. The van der Waals surface area contributed by atoms with Gasteiger partial charge in [-0.15, -0.1) is 0 Å². The first-order valence-electron chi connectivity index (χ1n) is 4.62. The van der Waals surface area contributed by atoms with Crippen LogP contribution in [0.2, 0.25) is 5.02 Å². The largest absolute Gasteiger partial charge is 0.465 e. The Morgan fingerprint density at radius 3 is 3.00 bits per heavy atom. The summed E-state index contributed by atoms with van der Waals surface area (Å²) in [6, 6.07) is 7.18. The fourth-order valence-corrected chi connectivity index (χ4v) is 1.19. The highest BCUT2D eigenvalue weighted by molar-refractivity contribution is 6.30. The van der Waals surface area contributed by atoms with Crippen molar-refractivity contribution in [1.82, 2.24) is 0 Å². The molecule has 1 aromatic carbocycles. The first kappa shape index (κ1) is 11.6. The van der Waals surface area contributed by atoms with Crippen molar-refractivity contribution in [2.24, 2.45) is 0 Å². The second kappa shape index (κ2) is 6.10. The number of hydrogen-bond donors (Lipinski definition) is 0. The van der Waals surface area contributed by atoms with E-state index in [4.69, 9.17) is 16.3 Å². The van der Waals surface area contributed by atoms with Crippen molar-refractivity contribution in [2.45, 2.75) is 13.3 Å². The molecule has 0 aromatic heterocycles. The molecule has 0 aliphatic rings. The fraction of sp³-hybridized carbons (Fsp3) is 0.250. The molecule has 0 heterocycles. The molecule has 0 fully saturated rings. The summed E-state index contributed by atoms with van der Waals surface area (Å²) in [6.45, 7) is 2.15. The molecule has 0 bridgehead atoms. The van der Waals surface area contributed by atoms with E-state index < -0.39 is 0 Å². The van der Waals surface area contributed by atoms with Crippen LogP contribution in [0.4, 0.5) is 0 Å². The van der Waals surface area contributed by atoms with E-state index >= 15 is 0 Å². The monoisotopic (exact) mass is 222 g/mol. The van der Waals surface area contributed by atoms with Gasteiger partial charge >= 0.3 is 5.97 Å². The minimum Gasteiger partial charge on any atom is -0.465 e. The summed E-state index contributed by atoms with van der Waals surface area (Å²) in [5, 5.41) is 0.637. The van der Waals surface area contributed by atoms with Gasteiger partial charge in [0.05, 0.1) is 6.61 Å². The number of esters is 1. The van der Waals surface area contributed by atoms with Crippen LogP contribution in [0.3, 0.4) is 0 Å². The first-order chi connectivity index (χ1) is 7.22. The topological polar surface area (TPSA) is 26.3 Å². The first-order valence-corrected chi connectivity index (χ1v) is 5.00. The summed E-state index contributed by atoms with van der Waals surface area (Å²) < 4.78 is 4.74. The van der Waals surface area contributed by atoms with Crippen LogP contribution in [0.25, 0.3) is 0 Å². The minimum atomic E-state index is -0.299. The van der Waals surface area contributed by atoms with Crippen molar-refractivity contribution in [1.29, 1.82) is 0 Å². The summed E-state index contributed by atoms with van der Waals surface area (Å²) in [5.41, 5.74) is 0.798. The van der Waals surface area contributed by atoms with Gasteiger partial charge in [-0.2, -0.15) is 0 Å². The summed E-state index contributed by atoms with van der Waals surface area (Å²) >= 11 is 5.78. The molecule has 1 aromatic rings. The number of benzene rings is 1. The SMILES string of the molecule is CCOC(=O)CC#Cc1cccc(Cl)c1. The minimum absolute atomic E-state index is 0.111. The molecule has 0 saturated carbocycles. The zero-order chi connectivity index (χ0) is 11.1. The van der Waals surface area contributed by atoms with Crippen LogP contribution >= 0.6 is 11.6 Å². The van der Waals surface area contributed by atoms with E-state index in [2.05, 4.69) is 11.8 Å². The highest BCUT2D eigenvalue weighted by Gasteiger charge is 1.96. The van der Waals surface area contributed by atoms with Crippen molar-refractivity contribution in [2.75, 3.05) is 6.61 Å². The van der Waals surface area contributed by atoms with E-state index in [0.29, 0.717) is 11.6 Å². The summed E-state index contributed by atoms with van der Waals surface area (Å²) in [5.74, 6) is 5.27. The molecule has 0 aliphatic heterocycles. The van der Waals surface area contributed by atoms with Crippen molar-refractivity contribution >= 4 is 17.6 Å². The van der Waals surface area contributed by atoms with E-state index in [1.54, 1.807) is 19.1 Å². The maximum Gasteiger partial charge on any atom is 0.317 e. The van der Waals surface area contributed by atoms with Gasteiger partial charge in [0.25, 0.3) is 0 Å². The third-order valence-corrected chi connectivity index (χ3v) is 1.83. The molecule has 0 unspecified atom stereocenters. The lowest BCUT2D eigenvalue weighted by molar-refractivity contribution is -0.141. The quantitative estimate of drug-likeness (QED) is 0.568. The molecule has 0 N–H and O–H groups in total. The number of carbonyl (C=O) groups is 1. The highest BCUT2D eigenvalue weighted by Crippen LogP contribution is 2.09. The molecule has 0 saturated heterocycles. The van der Waals surface area contributed by atoms with E-state index in [0.717, 1.165) is 5.56 Å². The van der Waals surface area contributed by atoms with Crippen LogP contribution < -0.4 is 0 Å². The molecule has 78 valence electrons. The van der Waals surface area contributed by atoms with Gasteiger partial charge in [-0.3, -0.25) is 4.79 Å². The van der Waals surface area contributed by atoms with E-state index in [9.17, 15) is 4.79 Å². The van der Waals surface area contributed by atoms with Crippen LogP contribution in [-0.2, 0) is 9.53 Å². The molecule has 0 amide bonds. The molecular formula is C12H11ClO2. The Labute approximate surface area is 94.2 Å². The van der Waals surface area contributed by atoms with Gasteiger partial charge < -0.3 is 4.74 Å². The molecule has 1 rings (SSSR count). The van der Waals surface area contributed by atoms with Crippen LogP contribution in [0.5, 0.6) is 0 Å². The predicted octanol–water partition coefficient (Wildman–Crippen LogP) is 2.64. The predicted molar refractivity (Wildman–Crippen MR) is 59.6 cm³/mol. The van der Waals surface area contributed by atoms with E-state index in [-0.39, 0.29) is 12.4 Å². The van der Waals surface area contributed by atoms with Gasteiger partial charge in [-0.25, -0.2) is 0 Å². The van der Waals surface area contributed by atoms with Gasteiger partial charge in [-0.05, 0) is 25.1 Å². The highest BCUT2D eigenvalue weighted by atomic mass is 35.5. The number of carbonyl (C=O) groups excluding carboxylic acids is 1. The third kappa shape index (κ3) is 4.53. The van der Waals surface area contributed by atoms with Crippen molar-refractivity contribution in [3.63, 3.8) is 0 Å². The Morgan fingerprint density at radius 2 is 2.33 bits per heavy atom. The second-order valence-corrected chi connectivity index (χ2v) is 3.23. The molecule has 0 radical (unpaired) electrons. The normalized spacial score (nSPS) is 8.93. The maximum atomic E-state index is 10.9. The molecular weight excluding hydrogens is 212 g/mol. The Hall–Kier alpha value is -1.46. The lowest BCUT2D eigenvalue weighted by Crippen LogP contribution is -2.01. The van der Waals surface area contributed by atoms with Gasteiger partial charge in [-0.1, -0.05) is 29.5 Å². The lowest BCUT2D eigenvalue weighted by atomic mass is 10.2. The Kier molecular flexibility index (Phi) is 4.73. The Balaban J connectivity index is 2.55. The zero-order valence-electron chi connectivity index (χ0n) is 8.42. The smallest absolute Gasteiger partial charge is 0.317 e. The molecule has 0 spiro atoms. The Bertz CT molecular complexity index is 402. The average Bonchev–Trinajstić information content (AvgIpc) is 2.18. The summed E-state index contributed by atoms with van der Waals surface area (Å²) in [4.78, 5) is 10.9. The van der Waals surface area contributed by atoms with Gasteiger partial charge in [0, 0.05) is 10.6 Å². The van der Waals surface area contributed by atoms with Gasteiger partial charge in [0.2, 0.25) is 0 Å². The lowest BCUT2D eigenvalue weighted by Gasteiger charge is -1.95. The van der Waals surface area contributed by atoms with Crippen LogP contribution in [-0.4, -0.2) is 12.6 Å². The molecule has 0 atom stereocenters. The maximum absolute atomic E-state index is 10.9. The van der Waals surface area contributed by atoms with Gasteiger partial charge in [0.1, 0.15) is 6.42 Å². The van der Waals surface area contributed by atoms with E-state index in [1.807, 2.05) is 12.1 Å². The fourth-order valence-electron chi connectivity index (χ4n) is 0.997. The number of rotatable bonds is 2. The molecule has 3 heteroatoms. The molecule has 0 aliphatic carbocycles. The van der Waals surface area contributed by atoms with Gasteiger partial charge in [0.15, 0.2) is 0 Å². The number of hydrogen-bond acceptors (Lipinski definition) is 2. The number of ether oxygens (including phenoxy) is 1. The zero-order valence-corrected chi connectivity index (χ0v) is 9.17. The van der Waals surface area contributed by atoms with Crippen LogP contribution in [0.1, 0.15) is 18.9 Å². The van der Waals surface area contributed by atoms with Crippen molar-refractivity contribution < 1.29 is 9.53 Å². The van der Waals surface area contributed by atoms with Crippen LogP contribution in [0.15, 0.2) is 24.3 Å². The number of halogens is 1. The summed E-state index contributed by atoms with van der Waals surface area (Å²) in [7, 11) is 0. The third-order valence-electron chi connectivity index (χ3n) is 1.60. The van der Waals surface area contributed by atoms with Crippen molar-refractivity contribution in [3.05, 3.63) is 34.9 Å². The Morgan fingerprint density at radius 1 is 1.53 bits per heavy atom. The second-order valence-electron chi connectivity index (χ2n) is 2.79. The van der Waals surface area contributed by atoms with E-state index in [1.165, 1.54) is 0 Å². The summed E-state index contributed by atoms with van der Waals surface area (Å²) in [6.07, 6.45) is 0.111. The average molecular weight is 223 g/mol. The molecule has 15 heavy (non-hydrogen) atoms. The van der Waals surface area contributed by atoms with Crippen molar-refractivity contribution in [3.8, 4) is 11.8 Å². The molecule has 2 nitrogen and oxygen atoms in total.